The lowest BCUT2D eigenvalue weighted by Gasteiger charge is -1.91. The van der Waals surface area contributed by atoms with E-state index in [2.05, 4.69) is 11.3 Å². The summed E-state index contributed by atoms with van der Waals surface area (Å²) in [4.78, 5) is 19.9. The van der Waals surface area contributed by atoms with E-state index in [1.54, 1.807) is 13.0 Å². The number of nitrogens with two attached hydrogens (primary N) is 1. The molecule has 4 nitrogen and oxygen atoms in total. The SMILES string of the molecule is C=CCN.CCOC(=O)C(=O)Cl. The van der Waals surface area contributed by atoms with Crippen molar-refractivity contribution in [3.05, 3.63) is 12.7 Å². The van der Waals surface area contributed by atoms with Crippen LogP contribution >= 0.6 is 11.6 Å². The van der Waals surface area contributed by atoms with E-state index >= 15 is 0 Å². The minimum absolute atomic E-state index is 0.178. The van der Waals surface area contributed by atoms with Crippen LogP contribution in [-0.2, 0) is 14.3 Å². The predicted molar refractivity (Wildman–Crippen MR) is 46.7 cm³/mol. The van der Waals surface area contributed by atoms with Gasteiger partial charge in [-0.1, -0.05) is 6.08 Å². The van der Waals surface area contributed by atoms with Gasteiger partial charge < -0.3 is 10.5 Å². The number of ether oxygens (including phenoxy) is 1. The van der Waals surface area contributed by atoms with Gasteiger partial charge in [0.2, 0.25) is 0 Å². The van der Waals surface area contributed by atoms with Crippen molar-refractivity contribution in [2.24, 2.45) is 5.73 Å². The zero-order valence-corrected chi connectivity index (χ0v) is 7.63. The second-order valence-corrected chi connectivity index (χ2v) is 1.86. The number of hydrogen-bond donors (Lipinski definition) is 1. The predicted octanol–water partition coefficient (Wildman–Crippen LogP) is 0.446. The lowest BCUT2D eigenvalue weighted by molar-refractivity contribution is -0.149. The molecule has 0 aromatic carbocycles. The van der Waals surface area contributed by atoms with Gasteiger partial charge in [-0.15, -0.1) is 6.58 Å². The van der Waals surface area contributed by atoms with Gasteiger partial charge in [0.25, 0.3) is 0 Å². The molecule has 0 aromatic rings. The van der Waals surface area contributed by atoms with Gasteiger partial charge in [0, 0.05) is 6.54 Å². The van der Waals surface area contributed by atoms with E-state index in [1.807, 2.05) is 0 Å². The van der Waals surface area contributed by atoms with E-state index in [0.29, 0.717) is 6.54 Å². The summed E-state index contributed by atoms with van der Waals surface area (Å²) in [6.45, 7) is 5.71. The molecule has 0 aromatic heterocycles. The summed E-state index contributed by atoms with van der Waals surface area (Å²) in [5.41, 5.74) is 4.91. The van der Waals surface area contributed by atoms with E-state index in [0.717, 1.165) is 0 Å². The fourth-order valence-electron chi connectivity index (χ4n) is 0.188. The van der Waals surface area contributed by atoms with Gasteiger partial charge in [-0.25, -0.2) is 4.79 Å². The number of esters is 1. The van der Waals surface area contributed by atoms with Gasteiger partial charge in [-0.2, -0.15) is 0 Å². The molecule has 12 heavy (non-hydrogen) atoms. The molecule has 2 N–H and O–H groups in total. The Labute approximate surface area is 76.3 Å². The molecule has 0 aliphatic rings. The van der Waals surface area contributed by atoms with Crippen molar-refractivity contribution in [3.8, 4) is 0 Å². The maximum absolute atomic E-state index is 10.0. The van der Waals surface area contributed by atoms with Gasteiger partial charge in [0.15, 0.2) is 0 Å². The third kappa shape index (κ3) is 11.9. The monoisotopic (exact) mass is 193 g/mol. The first-order valence-electron chi connectivity index (χ1n) is 3.27. The first-order chi connectivity index (χ1) is 5.59. The summed E-state index contributed by atoms with van der Waals surface area (Å²) in [7, 11) is 0. The van der Waals surface area contributed by atoms with Crippen molar-refractivity contribution in [2.75, 3.05) is 13.2 Å². The van der Waals surface area contributed by atoms with E-state index in [9.17, 15) is 9.59 Å². The average molecular weight is 194 g/mol. The van der Waals surface area contributed by atoms with Crippen molar-refractivity contribution in [2.45, 2.75) is 6.92 Å². The number of halogens is 1. The van der Waals surface area contributed by atoms with E-state index in [-0.39, 0.29) is 6.61 Å². The number of hydrogen-bond acceptors (Lipinski definition) is 4. The fourth-order valence-corrected chi connectivity index (χ4v) is 0.242. The van der Waals surface area contributed by atoms with Crippen LogP contribution in [0.2, 0.25) is 0 Å². The molecule has 0 aliphatic heterocycles. The summed E-state index contributed by atoms with van der Waals surface area (Å²) < 4.78 is 4.18. The highest BCUT2D eigenvalue weighted by atomic mass is 35.5. The van der Waals surface area contributed by atoms with Gasteiger partial charge in [-0.05, 0) is 18.5 Å². The molecule has 0 fully saturated rings. The molecule has 70 valence electrons. The van der Waals surface area contributed by atoms with Crippen LogP contribution < -0.4 is 5.73 Å². The fraction of sp³-hybridized carbons (Fsp3) is 0.429. The largest absolute Gasteiger partial charge is 0.459 e. The van der Waals surface area contributed by atoms with Gasteiger partial charge in [0.05, 0.1) is 6.61 Å². The van der Waals surface area contributed by atoms with Crippen molar-refractivity contribution >= 4 is 22.8 Å². The lowest BCUT2D eigenvalue weighted by atomic mass is 10.7. The third-order valence-electron chi connectivity index (χ3n) is 0.603. The number of rotatable bonds is 3. The molecule has 0 saturated carbocycles. The second-order valence-electron chi connectivity index (χ2n) is 1.52. The highest BCUT2D eigenvalue weighted by Crippen LogP contribution is 1.83. The molecule has 0 spiro atoms. The van der Waals surface area contributed by atoms with E-state index < -0.39 is 11.2 Å². The molecule has 5 heteroatoms. The summed E-state index contributed by atoms with van der Waals surface area (Å²) in [6, 6.07) is 0. The molecule has 0 unspecified atom stereocenters. The molecular weight excluding hydrogens is 182 g/mol. The summed E-state index contributed by atoms with van der Waals surface area (Å²) in [5, 5.41) is -1.08. The maximum Gasteiger partial charge on any atom is 0.391 e. The van der Waals surface area contributed by atoms with Crippen LogP contribution in [0.3, 0.4) is 0 Å². The van der Waals surface area contributed by atoms with Crippen LogP contribution in [-0.4, -0.2) is 24.4 Å². The molecule has 0 atom stereocenters. The van der Waals surface area contributed by atoms with Crippen molar-refractivity contribution < 1.29 is 14.3 Å². The van der Waals surface area contributed by atoms with Crippen LogP contribution in [0.15, 0.2) is 12.7 Å². The quantitative estimate of drug-likeness (QED) is 0.306. The van der Waals surface area contributed by atoms with Gasteiger partial charge >= 0.3 is 11.2 Å². The van der Waals surface area contributed by atoms with Crippen molar-refractivity contribution in [1.82, 2.24) is 0 Å². The second kappa shape index (κ2) is 10.1. The molecule has 0 rings (SSSR count). The molecule has 0 radical (unpaired) electrons. The summed E-state index contributed by atoms with van der Waals surface area (Å²) in [5.74, 6) is -0.992. The maximum atomic E-state index is 10.0. The molecular formula is C7H12ClNO3. The summed E-state index contributed by atoms with van der Waals surface area (Å²) >= 11 is 4.69. The van der Waals surface area contributed by atoms with Gasteiger partial charge in [0.1, 0.15) is 0 Å². The normalized spacial score (nSPS) is 7.58. The average Bonchev–Trinajstić information content (AvgIpc) is 2.05. The Kier molecular flexibility index (Phi) is 11.6. The summed E-state index contributed by atoms with van der Waals surface area (Å²) in [6.07, 6.45) is 1.65. The van der Waals surface area contributed by atoms with Crippen molar-refractivity contribution in [3.63, 3.8) is 0 Å². The minimum atomic E-state index is -1.08. The zero-order chi connectivity index (χ0) is 9.98. The first kappa shape index (κ1) is 13.7. The van der Waals surface area contributed by atoms with Gasteiger partial charge in [-0.3, -0.25) is 4.79 Å². The Balaban J connectivity index is 0. The standard InChI is InChI=1S/C4H5ClO3.C3H7N/c1-2-8-4(7)3(5)6;1-2-3-4/h2H2,1H3;2H,1,3-4H2. The Morgan fingerprint density at radius 2 is 2.08 bits per heavy atom. The Bertz CT molecular complexity index is 159. The van der Waals surface area contributed by atoms with Crippen LogP contribution in [0.1, 0.15) is 6.92 Å². The number of carbonyl (C=O) groups excluding carboxylic acids is 2. The van der Waals surface area contributed by atoms with Crippen LogP contribution in [0.4, 0.5) is 0 Å². The third-order valence-corrected chi connectivity index (χ3v) is 0.757. The molecule has 0 saturated heterocycles. The minimum Gasteiger partial charge on any atom is -0.459 e. The first-order valence-corrected chi connectivity index (χ1v) is 3.65. The highest BCUT2D eigenvalue weighted by molar-refractivity contribution is 6.80. The highest BCUT2D eigenvalue weighted by Gasteiger charge is 2.08. The van der Waals surface area contributed by atoms with Crippen molar-refractivity contribution in [1.29, 1.82) is 0 Å². The zero-order valence-electron chi connectivity index (χ0n) is 6.88. The number of carbonyl (C=O) groups is 2. The topological polar surface area (TPSA) is 69.4 Å². The van der Waals surface area contributed by atoms with Crippen LogP contribution in [0, 0.1) is 0 Å². The lowest BCUT2D eigenvalue weighted by Crippen LogP contribution is -2.10. The Hall–Kier alpha value is -0.870. The Morgan fingerprint density at radius 3 is 2.17 bits per heavy atom. The van der Waals surface area contributed by atoms with E-state index in [1.165, 1.54) is 0 Å². The molecule has 0 heterocycles. The Morgan fingerprint density at radius 1 is 1.67 bits per heavy atom. The molecule has 0 amide bonds. The van der Waals surface area contributed by atoms with Crippen LogP contribution in [0.25, 0.3) is 0 Å². The molecule has 0 aliphatic carbocycles. The smallest absolute Gasteiger partial charge is 0.391 e. The van der Waals surface area contributed by atoms with E-state index in [4.69, 9.17) is 17.3 Å². The molecule has 0 bridgehead atoms. The van der Waals surface area contributed by atoms with Crippen LogP contribution in [0.5, 0.6) is 0 Å².